The fraction of sp³-hybridized carbons (Fsp3) is 0.250. The molecule has 8 heteroatoms. The van der Waals surface area contributed by atoms with Gasteiger partial charge in [-0.15, -0.1) is 0 Å². The van der Waals surface area contributed by atoms with Crippen LogP contribution in [0.25, 0.3) is 11.5 Å². The van der Waals surface area contributed by atoms with Gasteiger partial charge in [0.1, 0.15) is 17.3 Å². The van der Waals surface area contributed by atoms with Crippen LogP contribution in [0.1, 0.15) is 18.2 Å². The summed E-state index contributed by atoms with van der Waals surface area (Å²) in [6.07, 6.45) is 0.260. The summed E-state index contributed by atoms with van der Waals surface area (Å²) in [7, 11) is 3.12. The molecule has 1 amide bonds. The van der Waals surface area contributed by atoms with Gasteiger partial charge < -0.3 is 18.9 Å². The van der Waals surface area contributed by atoms with Gasteiger partial charge in [-0.25, -0.2) is 4.39 Å². The maximum absolute atomic E-state index is 13.1. The van der Waals surface area contributed by atoms with Gasteiger partial charge in [0, 0.05) is 30.6 Å². The molecule has 0 saturated carbocycles. The maximum atomic E-state index is 13.1. The molecule has 1 aliphatic rings. The van der Waals surface area contributed by atoms with Crippen LogP contribution in [-0.4, -0.2) is 36.8 Å². The van der Waals surface area contributed by atoms with Crippen LogP contribution in [0, 0.1) is 5.82 Å². The van der Waals surface area contributed by atoms with Crippen LogP contribution in [0.4, 0.5) is 10.1 Å². The Hall–Kier alpha value is -3.42. The number of carbonyl (C=O) groups is 1. The Morgan fingerprint density at radius 2 is 1.93 bits per heavy atom. The Bertz CT molecular complexity index is 1000. The molecule has 4 rings (SSSR count). The van der Waals surface area contributed by atoms with Gasteiger partial charge in [0.2, 0.25) is 5.91 Å². The van der Waals surface area contributed by atoms with E-state index < -0.39 is 0 Å². The summed E-state index contributed by atoms with van der Waals surface area (Å²) in [4.78, 5) is 18.5. The molecule has 2 aromatic carbocycles. The number of hydrogen-bond donors (Lipinski definition) is 0. The van der Waals surface area contributed by atoms with E-state index in [1.165, 1.54) is 12.1 Å². The normalized spacial score (nSPS) is 16.5. The molecule has 2 heterocycles. The second-order valence-corrected chi connectivity index (χ2v) is 6.41. The zero-order chi connectivity index (χ0) is 19.7. The van der Waals surface area contributed by atoms with Crippen molar-refractivity contribution < 1.29 is 23.2 Å². The molecule has 1 aromatic heterocycles. The van der Waals surface area contributed by atoms with Crippen LogP contribution in [0.15, 0.2) is 47.0 Å². The number of methoxy groups -OCH3 is 2. The van der Waals surface area contributed by atoms with E-state index in [2.05, 4.69) is 10.1 Å². The van der Waals surface area contributed by atoms with E-state index >= 15 is 0 Å². The Labute approximate surface area is 160 Å². The molecule has 1 aliphatic heterocycles. The summed E-state index contributed by atoms with van der Waals surface area (Å²) in [5.41, 5.74) is 1.29. The summed E-state index contributed by atoms with van der Waals surface area (Å²) in [5.74, 6) is 1.34. The number of anilines is 1. The van der Waals surface area contributed by atoms with Gasteiger partial charge in [0.15, 0.2) is 5.82 Å². The van der Waals surface area contributed by atoms with Gasteiger partial charge in [-0.05, 0) is 36.4 Å². The number of hydrogen-bond acceptors (Lipinski definition) is 6. The molecule has 0 aliphatic carbocycles. The molecular weight excluding hydrogens is 365 g/mol. The smallest absolute Gasteiger partial charge is 0.261 e. The Morgan fingerprint density at radius 3 is 2.64 bits per heavy atom. The number of benzene rings is 2. The number of nitrogens with zero attached hydrogens (tertiary/aromatic N) is 3. The highest BCUT2D eigenvalue weighted by atomic mass is 19.1. The van der Waals surface area contributed by atoms with Crippen molar-refractivity contribution in [2.45, 2.75) is 12.3 Å². The average Bonchev–Trinajstić information content (AvgIpc) is 3.35. The van der Waals surface area contributed by atoms with E-state index in [1.54, 1.807) is 49.5 Å². The molecule has 1 atom stereocenters. The van der Waals surface area contributed by atoms with E-state index in [0.29, 0.717) is 41.0 Å². The molecule has 144 valence electrons. The lowest BCUT2D eigenvalue weighted by Gasteiger charge is -2.15. The highest BCUT2D eigenvalue weighted by Gasteiger charge is 2.34. The lowest BCUT2D eigenvalue weighted by atomic mass is 10.1. The molecule has 7 nitrogen and oxygen atoms in total. The molecule has 0 radical (unpaired) electrons. The SMILES string of the molecule is COc1ccc(-c2nc(C3CC(=O)N(c4ccc(F)cc4)C3)no2)c(OC)c1. The quantitative estimate of drug-likeness (QED) is 0.672. The first-order chi connectivity index (χ1) is 13.6. The third kappa shape index (κ3) is 3.28. The monoisotopic (exact) mass is 383 g/mol. The van der Waals surface area contributed by atoms with E-state index in [4.69, 9.17) is 14.0 Å². The minimum Gasteiger partial charge on any atom is -0.497 e. The second-order valence-electron chi connectivity index (χ2n) is 6.41. The first-order valence-electron chi connectivity index (χ1n) is 8.71. The fourth-order valence-corrected chi connectivity index (χ4v) is 3.24. The molecule has 0 spiro atoms. The fourth-order valence-electron chi connectivity index (χ4n) is 3.24. The van der Waals surface area contributed by atoms with E-state index in [9.17, 15) is 9.18 Å². The van der Waals surface area contributed by atoms with Gasteiger partial charge in [0.25, 0.3) is 5.89 Å². The Kier molecular flexibility index (Phi) is 4.68. The summed E-state index contributed by atoms with van der Waals surface area (Å²) < 4.78 is 29.1. The summed E-state index contributed by atoms with van der Waals surface area (Å²) in [5, 5.41) is 4.06. The van der Waals surface area contributed by atoms with Crippen LogP contribution < -0.4 is 14.4 Å². The van der Waals surface area contributed by atoms with Gasteiger partial charge in [-0.2, -0.15) is 4.98 Å². The summed E-state index contributed by atoms with van der Waals surface area (Å²) in [6, 6.07) is 11.1. The van der Waals surface area contributed by atoms with Crippen molar-refractivity contribution >= 4 is 11.6 Å². The number of carbonyl (C=O) groups excluding carboxylic acids is 1. The van der Waals surface area contributed by atoms with Crippen LogP contribution >= 0.6 is 0 Å². The van der Waals surface area contributed by atoms with Gasteiger partial charge in [-0.1, -0.05) is 5.16 Å². The average molecular weight is 383 g/mol. The van der Waals surface area contributed by atoms with Crippen molar-refractivity contribution in [1.82, 2.24) is 10.1 Å². The van der Waals surface area contributed by atoms with Crippen molar-refractivity contribution in [2.75, 3.05) is 25.7 Å². The topological polar surface area (TPSA) is 77.7 Å². The highest BCUT2D eigenvalue weighted by molar-refractivity contribution is 5.96. The first-order valence-corrected chi connectivity index (χ1v) is 8.71. The van der Waals surface area contributed by atoms with Crippen LogP contribution in [-0.2, 0) is 4.79 Å². The van der Waals surface area contributed by atoms with E-state index in [0.717, 1.165) is 0 Å². The summed E-state index contributed by atoms with van der Waals surface area (Å²) in [6.45, 7) is 0.406. The number of aromatic nitrogens is 2. The van der Waals surface area contributed by atoms with E-state index in [-0.39, 0.29) is 24.1 Å². The molecule has 28 heavy (non-hydrogen) atoms. The molecule has 1 saturated heterocycles. The largest absolute Gasteiger partial charge is 0.497 e. The molecule has 0 bridgehead atoms. The number of amides is 1. The maximum Gasteiger partial charge on any atom is 0.261 e. The van der Waals surface area contributed by atoms with Crippen molar-refractivity contribution in [3.05, 3.63) is 54.1 Å². The van der Waals surface area contributed by atoms with Gasteiger partial charge in [-0.3, -0.25) is 4.79 Å². The first kappa shape index (κ1) is 18.0. The minimum atomic E-state index is -0.344. The van der Waals surface area contributed by atoms with Gasteiger partial charge >= 0.3 is 0 Å². The lowest BCUT2D eigenvalue weighted by molar-refractivity contribution is -0.117. The van der Waals surface area contributed by atoms with Crippen LogP contribution in [0.2, 0.25) is 0 Å². The lowest BCUT2D eigenvalue weighted by Crippen LogP contribution is -2.24. The van der Waals surface area contributed by atoms with Crippen LogP contribution in [0.5, 0.6) is 11.5 Å². The second kappa shape index (κ2) is 7.30. The van der Waals surface area contributed by atoms with Crippen molar-refractivity contribution in [3.8, 4) is 23.0 Å². The molecule has 1 unspecified atom stereocenters. The van der Waals surface area contributed by atoms with Crippen LogP contribution in [0.3, 0.4) is 0 Å². The van der Waals surface area contributed by atoms with E-state index in [1.807, 2.05) is 0 Å². The van der Waals surface area contributed by atoms with Gasteiger partial charge in [0.05, 0.1) is 19.8 Å². The Balaban J connectivity index is 1.57. The molecular formula is C20H18FN3O4. The Morgan fingerprint density at radius 1 is 1.14 bits per heavy atom. The number of ether oxygens (including phenoxy) is 2. The third-order valence-electron chi connectivity index (χ3n) is 4.71. The zero-order valence-electron chi connectivity index (χ0n) is 15.4. The minimum absolute atomic E-state index is 0.0648. The standard InChI is InChI=1S/C20H18FN3O4/c1-26-15-7-8-16(17(10-15)27-2)20-22-19(23-28-20)12-9-18(25)24(11-12)14-5-3-13(21)4-6-14/h3-8,10,12H,9,11H2,1-2H3. The predicted molar refractivity (Wildman–Crippen MR) is 98.9 cm³/mol. The third-order valence-corrected chi connectivity index (χ3v) is 4.71. The number of halogens is 1. The zero-order valence-corrected chi connectivity index (χ0v) is 15.4. The van der Waals surface area contributed by atoms with Crippen molar-refractivity contribution in [3.63, 3.8) is 0 Å². The molecule has 1 fully saturated rings. The molecule has 3 aromatic rings. The summed E-state index contributed by atoms with van der Waals surface area (Å²) >= 11 is 0. The predicted octanol–water partition coefficient (Wildman–Crippen LogP) is 3.41. The molecule has 0 N–H and O–H groups in total. The highest BCUT2D eigenvalue weighted by Crippen LogP contribution is 2.35. The van der Waals surface area contributed by atoms with Crippen molar-refractivity contribution in [2.24, 2.45) is 0 Å². The van der Waals surface area contributed by atoms with Crippen molar-refractivity contribution in [1.29, 1.82) is 0 Å². The number of rotatable bonds is 5.